The van der Waals surface area contributed by atoms with Crippen LogP contribution in [0.3, 0.4) is 0 Å². The number of hydrogen-bond donors (Lipinski definition) is 3. The van der Waals surface area contributed by atoms with E-state index < -0.39 is 0 Å². The molecule has 0 atom stereocenters. The number of carbonyl (C=O) groups is 1. The third kappa shape index (κ3) is 2.06. The van der Waals surface area contributed by atoms with Crippen LogP contribution in [0.5, 0.6) is 0 Å². The Kier molecular flexibility index (Phi) is 2.93. The van der Waals surface area contributed by atoms with Gasteiger partial charge in [-0.15, -0.1) is 0 Å². The zero-order chi connectivity index (χ0) is 12.4. The molecule has 1 saturated heterocycles. The summed E-state index contributed by atoms with van der Waals surface area (Å²) in [5, 5.41) is 6.33. The van der Waals surface area contributed by atoms with E-state index in [-0.39, 0.29) is 11.9 Å². The summed E-state index contributed by atoms with van der Waals surface area (Å²) in [6.45, 7) is 1.92. The Morgan fingerprint density at radius 3 is 3.06 bits per heavy atom. The molecule has 1 aliphatic rings. The SMILES string of the molecule is O=C(NC1CCNCC1)c1c[nH]c2cncnc12. The van der Waals surface area contributed by atoms with E-state index in [9.17, 15) is 4.79 Å². The van der Waals surface area contributed by atoms with Crippen molar-refractivity contribution in [1.82, 2.24) is 25.6 Å². The molecule has 6 heteroatoms. The maximum absolute atomic E-state index is 12.2. The van der Waals surface area contributed by atoms with Gasteiger partial charge in [-0.1, -0.05) is 0 Å². The number of aromatic nitrogens is 3. The van der Waals surface area contributed by atoms with E-state index >= 15 is 0 Å². The van der Waals surface area contributed by atoms with Crippen LogP contribution in [0.15, 0.2) is 18.7 Å². The fourth-order valence-electron chi connectivity index (χ4n) is 2.27. The molecule has 3 heterocycles. The highest BCUT2D eigenvalue weighted by Crippen LogP contribution is 2.14. The van der Waals surface area contributed by atoms with Crippen LogP contribution in [-0.4, -0.2) is 40.0 Å². The molecular weight excluding hydrogens is 230 g/mol. The van der Waals surface area contributed by atoms with E-state index in [2.05, 4.69) is 25.6 Å². The molecule has 2 aromatic rings. The number of hydrogen-bond acceptors (Lipinski definition) is 4. The standard InChI is InChI=1S/C12H15N5O/c18-12(17-8-1-3-13-4-2-8)9-5-15-10-6-14-7-16-11(9)10/h5-8,13,15H,1-4H2,(H,17,18). The number of H-pyrrole nitrogens is 1. The van der Waals surface area contributed by atoms with Crippen LogP contribution in [0.2, 0.25) is 0 Å². The maximum Gasteiger partial charge on any atom is 0.255 e. The molecule has 0 aromatic carbocycles. The van der Waals surface area contributed by atoms with Gasteiger partial charge in [-0.2, -0.15) is 0 Å². The number of amides is 1. The van der Waals surface area contributed by atoms with Gasteiger partial charge < -0.3 is 15.6 Å². The Morgan fingerprint density at radius 1 is 1.39 bits per heavy atom. The van der Waals surface area contributed by atoms with Gasteiger partial charge in [0.15, 0.2) is 0 Å². The van der Waals surface area contributed by atoms with Crippen molar-refractivity contribution in [3.05, 3.63) is 24.3 Å². The predicted molar refractivity (Wildman–Crippen MR) is 67.2 cm³/mol. The molecule has 3 rings (SSSR count). The Morgan fingerprint density at radius 2 is 2.22 bits per heavy atom. The fourth-order valence-corrected chi connectivity index (χ4v) is 2.27. The summed E-state index contributed by atoms with van der Waals surface area (Å²) in [6, 6.07) is 0.255. The molecule has 0 radical (unpaired) electrons. The van der Waals surface area contributed by atoms with Gasteiger partial charge in [-0.25, -0.2) is 9.97 Å². The second-order valence-corrected chi connectivity index (χ2v) is 4.49. The van der Waals surface area contributed by atoms with Crippen LogP contribution in [0, 0.1) is 0 Å². The number of piperidine rings is 1. The van der Waals surface area contributed by atoms with Crippen molar-refractivity contribution < 1.29 is 4.79 Å². The smallest absolute Gasteiger partial charge is 0.255 e. The van der Waals surface area contributed by atoms with Gasteiger partial charge in [-0.3, -0.25) is 4.79 Å². The number of fused-ring (bicyclic) bond motifs is 1. The Balaban J connectivity index is 1.79. The van der Waals surface area contributed by atoms with E-state index in [1.807, 2.05) is 0 Å². The van der Waals surface area contributed by atoms with Crippen molar-refractivity contribution in [2.45, 2.75) is 18.9 Å². The first-order chi connectivity index (χ1) is 8.84. The second kappa shape index (κ2) is 4.73. The van der Waals surface area contributed by atoms with Crippen molar-refractivity contribution in [3.63, 3.8) is 0 Å². The van der Waals surface area contributed by atoms with Crippen LogP contribution in [0.4, 0.5) is 0 Å². The van der Waals surface area contributed by atoms with Crippen molar-refractivity contribution in [1.29, 1.82) is 0 Å². The minimum Gasteiger partial charge on any atom is -0.358 e. The topological polar surface area (TPSA) is 82.7 Å². The molecule has 0 saturated carbocycles. The molecule has 18 heavy (non-hydrogen) atoms. The van der Waals surface area contributed by atoms with Gasteiger partial charge in [0.1, 0.15) is 11.8 Å². The van der Waals surface area contributed by atoms with Gasteiger partial charge in [-0.05, 0) is 25.9 Å². The van der Waals surface area contributed by atoms with Crippen molar-refractivity contribution >= 4 is 16.9 Å². The second-order valence-electron chi connectivity index (χ2n) is 4.49. The highest BCUT2D eigenvalue weighted by atomic mass is 16.1. The van der Waals surface area contributed by atoms with Crippen LogP contribution in [0.1, 0.15) is 23.2 Å². The number of carbonyl (C=O) groups excluding carboxylic acids is 1. The molecule has 0 bridgehead atoms. The third-order valence-corrected chi connectivity index (χ3v) is 3.26. The predicted octanol–water partition coefficient (Wildman–Crippen LogP) is 0.440. The van der Waals surface area contributed by atoms with Gasteiger partial charge in [0, 0.05) is 12.2 Å². The summed E-state index contributed by atoms with van der Waals surface area (Å²) in [5.41, 5.74) is 2.05. The highest BCUT2D eigenvalue weighted by molar-refractivity contribution is 6.05. The minimum absolute atomic E-state index is 0.0631. The van der Waals surface area contributed by atoms with Crippen LogP contribution in [-0.2, 0) is 0 Å². The van der Waals surface area contributed by atoms with Crippen LogP contribution >= 0.6 is 0 Å². The van der Waals surface area contributed by atoms with E-state index in [0.717, 1.165) is 31.4 Å². The summed E-state index contributed by atoms with van der Waals surface area (Å²) in [5.74, 6) is -0.0631. The maximum atomic E-state index is 12.2. The molecule has 1 aliphatic heterocycles. The molecule has 0 spiro atoms. The number of rotatable bonds is 2. The largest absolute Gasteiger partial charge is 0.358 e. The van der Waals surface area contributed by atoms with E-state index in [1.54, 1.807) is 12.4 Å². The quantitative estimate of drug-likeness (QED) is 0.717. The normalized spacial score (nSPS) is 16.9. The molecular formula is C12H15N5O. The molecule has 1 amide bonds. The lowest BCUT2D eigenvalue weighted by atomic mass is 10.1. The molecule has 94 valence electrons. The van der Waals surface area contributed by atoms with Gasteiger partial charge in [0.25, 0.3) is 5.91 Å². The first-order valence-electron chi connectivity index (χ1n) is 6.13. The number of nitrogens with zero attached hydrogens (tertiary/aromatic N) is 2. The molecule has 3 N–H and O–H groups in total. The van der Waals surface area contributed by atoms with Crippen molar-refractivity contribution in [2.75, 3.05) is 13.1 Å². The lowest BCUT2D eigenvalue weighted by Crippen LogP contribution is -2.42. The van der Waals surface area contributed by atoms with Gasteiger partial charge in [0.05, 0.1) is 17.3 Å². The van der Waals surface area contributed by atoms with Crippen molar-refractivity contribution in [3.8, 4) is 0 Å². The minimum atomic E-state index is -0.0631. The van der Waals surface area contributed by atoms with Crippen molar-refractivity contribution in [2.24, 2.45) is 0 Å². The molecule has 6 nitrogen and oxygen atoms in total. The fraction of sp³-hybridized carbons (Fsp3) is 0.417. The Labute approximate surface area is 104 Å². The number of nitrogens with one attached hydrogen (secondary N) is 3. The molecule has 0 unspecified atom stereocenters. The van der Waals surface area contributed by atoms with Gasteiger partial charge >= 0.3 is 0 Å². The highest BCUT2D eigenvalue weighted by Gasteiger charge is 2.18. The Hall–Kier alpha value is -1.95. The summed E-state index contributed by atoms with van der Waals surface area (Å²) in [6.07, 6.45) is 6.77. The lowest BCUT2D eigenvalue weighted by molar-refractivity contribution is 0.0931. The van der Waals surface area contributed by atoms with Crippen LogP contribution < -0.4 is 10.6 Å². The van der Waals surface area contributed by atoms with E-state index in [4.69, 9.17) is 0 Å². The Bertz CT molecular complexity index is 558. The average molecular weight is 245 g/mol. The first kappa shape index (κ1) is 11.2. The third-order valence-electron chi connectivity index (χ3n) is 3.26. The zero-order valence-corrected chi connectivity index (χ0v) is 9.94. The van der Waals surface area contributed by atoms with E-state index in [1.165, 1.54) is 6.33 Å². The average Bonchev–Trinajstić information content (AvgIpc) is 2.84. The lowest BCUT2D eigenvalue weighted by Gasteiger charge is -2.23. The molecule has 1 fully saturated rings. The first-order valence-corrected chi connectivity index (χ1v) is 6.13. The number of aromatic amines is 1. The summed E-state index contributed by atoms with van der Waals surface area (Å²) in [4.78, 5) is 23.2. The summed E-state index contributed by atoms with van der Waals surface area (Å²) < 4.78 is 0. The van der Waals surface area contributed by atoms with Crippen LogP contribution in [0.25, 0.3) is 11.0 Å². The molecule has 0 aliphatic carbocycles. The zero-order valence-electron chi connectivity index (χ0n) is 9.94. The van der Waals surface area contributed by atoms with E-state index in [0.29, 0.717) is 11.1 Å². The summed E-state index contributed by atoms with van der Waals surface area (Å²) in [7, 11) is 0. The van der Waals surface area contributed by atoms with Gasteiger partial charge in [0.2, 0.25) is 0 Å². The summed E-state index contributed by atoms with van der Waals surface area (Å²) >= 11 is 0. The molecule has 2 aromatic heterocycles. The monoisotopic (exact) mass is 245 g/mol.